The van der Waals surface area contributed by atoms with Gasteiger partial charge in [-0.1, -0.05) is 11.6 Å². The van der Waals surface area contributed by atoms with Crippen LogP contribution in [-0.4, -0.2) is 31.2 Å². The highest BCUT2D eigenvalue weighted by Gasteiger charge is 2.50. The van der Waals surface area contributed by atoms with Gasteiger partial charge in [0.15, 0.2) is 0 Å². The highest BCUT2D eigenvalue weighted by Crippen LogP contribution is 2.49. The van der Waals surface area contributed by atoms with E-state index in [0.717, 1.165) is 5.56 Å². The van der Waals surface area contributed by atoms with Crippen LogP contribution in [0.3, 0.4) is 0 Å². The minimum Gasteiger partial charge on any atom is -0.497 e. The van der Waals surface area contributed by atoms with Gasteiger partial charge >= 0.3 is 5.97 Å². The summed E-state index contributed by atoms with van der Waals surface area (Å²) in [7, 11) is 3.07. The van der Waals surface area contributed by atoms with Crippen molar-refractivity contribution in [2.24, 2.45) is 0 Å². The Morgan fingerprint density at radius 1 is 1.06 bits per heavy atom. The summed E-state index contributed by atoms with van der Waals surface area (Å²) in [5, 5.41) is 9.67. The quantitative estimate of drug-likeness (QED) is 0.547. The summed E-state index contributed by atoms with van der Waals surface area (Å²) >= 11 is 6.44. The standard InChI is InChI=1S/C25H21ClFNO5/c1-25(18-10-14(23(29)30)5-8-20(18)26)19-11-16(27)6-9-21(19)28(24(25)31)13-15-4-7-17(32-2)12-22(15)33-3/h4-12H,13H2,1-3H3,(H,29,30). The van der Waals surface area contributed by atoms with Crippen molar-refractivity contribution < 1.29 is 28.6 Å². The van der Waals surface area contributed by atoms with Gasteiger partial charge in [-0.25, -0.2) is 9.18 Å². The fourth-order valence-corrected chi connectivity index (χ4v) is 4.56. The van der Waals surface area contributed by atoms with Crippen molar-refractivity contribution in [1.29, 1.82) is 0 Å². The number of carboxylic acids is 1. The fraction of sp³-hybridized carbons (Fsp3) is 0.200. The molecule has 1 aliphatic rings. The summed E-state index contributed by atoms with van der Waals surface area (Å²) in [5.74, 6) is -0.882. The summed E-state index contributed by atoms with van der Waals surface area (Å²) < 4.78 is 25.0. The van der Waals surface area contributed by atoms with Gasteiger partial charge in [0.25, 0.3) is 0 Å². The lowest BCUT2D eigenvalue weighted by molar-refractivity contribution is -0.121. The van der Waals surface area contributed by atoms with Crippen molar-refractivity contribution >= 4 is 29.2 Å². The predicted molar refractivity (Wildman–Crippen MR) is 122 cm³/mol. The molecule has 0 aliphatic carbocycles. The number of amides is 1. The highest BCUT2D eigenvalue weighted by molar-refractivity contribution is 6.32. The second-order valence-electron chi connectivity index (χ2n) is 7.86. The Hall–Kier alpha value is -3.58. The third-order valence-electron chi connectivity index (χ3n) is 6.04. The van der Waals surface area contributed by atoms with Crippen LogP contribution in [-0.2, 0) is 16.8 Å². The number of hydrogen-bond acceptors (Lipinski definition) is 4. The van der Waals surface area contributed by atoms with Gasteiger partial charge in [-0.2, -0.15) is 0 Å². The minimum atomic E-state index is -1.39. The van der Waals surface area contributed by atoms with E-state index in [1.807, 2.05) is 0 Å². The van der Waals surface area contributed by atoms with Crippen LogP contribution in [0.2, 0.25) is 5.02 Å². The third-order valence-corrected chi connectivity index (χ3v) is 6.37. The number of nitrogens with zero attached hydrogens (tertiary/aromatic N) is 1. The third kappa shape index (κ3) is 3.68. The van der Waals surface area contributed by atoms with Gasteiger partial charge in [0.2, 0.25) is 5.91 Å². The molecule has 0 bridgehead atoms. The van der Waals surface area contributed by atoms with Crippen LogP contribution in [0.25, 0.3) is 0 Å². The van der Waals surface area contributed by atoms with Gasteiger partial charge in [0, 0.05) is 22.3 Å². The number of aromatic carboxylic acids is 1. The number of hydrogen-bond donors (Lipinski definition) is 1. The molecule has 1 amide bonds. The van der Waals surface area contributed by atoms with E-state index in [1.165, 1.54) is 42.3 Å². The molecule has 0 saturated heterocycles. The maximum Gasteiger partial charge on any atom is 0.335 e. The number of carbonyl (C=O) groups excluding carboxylic acids is 1. The van der Waals surface area contributed by atoms with E-state index in [-0.39, 0.29) is 23.0 Å². The van der Waals surface area contributed by atoms with Crippen molar-refractivity contribution in [3.8, 4) is 11.5 Å². The molecule has 0 aromatic heterocycles. The molecule has 3 aromatic carbocycles. The molecule has 0 fully saturated rings. The molecule has 1 atom stereocenters. The van der Waals surface area contributed by atoms with Gasteiger partial charge in [-0.15, -0.1) is 0 Å². The smallest absolute Gasteiger partial charge is 0.335 e. The van der Waals surface area contributed by atoms with E-state index in [0.29, 0.717) is 28.3 Å². The van der Waals surface area contributed by atoms with E-state index in [1.54, 1.807) is 38.3 Å². The number of benzene rings is 3. The van der Waals surface area contributed by atoms with E-state index >= 15 is 0 Å². The Balaban J connectivity index is 1.87. The summed E-state index contributed by atoms with van der Waals surface area (Å²) in [6, 6.07) is 13.6. The van der Waals surface area contributed by atoms with E-state index in [4.69, 9.17) is 21.1 Å². The molecule has 1 aliphatic heterocycles. The largest absolute Gasteiger partial charge is 0.497 e. The topological polar surface area (TPSA) is 76.1 Å². The predicted octanol–water partition coefficient (Wildman–Crippen LogP) is 5.05. The summed E-state index contributed by atoms with van der Waals surface area (Å²) in [6.45, 7) is 1.78. The first kappa shape index (κ1) is 22.6. The molecule has 0 saturated carbocycles. The lowest BCUT2D eigenvalue weighted by Crippen LogP contribution is -2.39. The number of methoxy groups -OCH3 is 2. The van der Waals surface area contributed by atoms with Gasteiger partial charge in [-0.3, -0.25) is 4.79 Å². The SMILES string of the molecule is COc1ccc(CN2C(=O)C(C)(c3cc(C(=O)O)ccc3Cl)c3cc(F)ccc32)c(OC)c1. The Morgan fingerprint density at radius 2 is 1.82 bits per heavy atom. The molecule has 0 spiro atoms. The van der Waals surface area contributed by atoms with Crippen LogP contribution in [0.4, 0.5) is 10.1 Å². The molecule has 1 heterocycles. The maximum atomic E-state index is 14.3. The van der Waals surface area contributed by atoms with Crippen LogP contribution in [0, 0.1) is 5.82 Å². The summed E-state index contributed by atoms with van der Waals surface area (Å²) in [5.41, 5.74) is 0.529. The van der Waals surface area contributed by atoms with Crippen LogP contribution in [0.5, 0.6) is 11.5 Å². The normalized spacial score (nSPS) is 17.1. The molecule has 3 aromatic rings. The summed E-state index contributed by atoms with van der Waals surface area (Å²) in [6.07, 6.45) is 0. The number of fused-ring (bicyclic) bond motifs is 1. The van der Waals surface area contributed by atoms with Crippen molar-refractivity contribution in [3.05, 3.63) is 87.7 Å². The van der Waals surface area contributed by atoms with E-state index in [2.05, 4.69) is 0 Å². The van der Waals surface area contributed by atoms with Crippen molar-refractivity contribution in [2.45, 2.75) is 18.9 Å². The Bertz CT molecular complexity index is 1280. The molecular weight excluding hydrogens is 449 g/mol. The molecule has 0 radical (unpaired) electrons. The lowest BCUT2D eigenvalue weighted by Gasteiger charge is -2.26. The zero-order valence-electron chi connectivity index (χ0n) is 18.2. The monoisotopic (exact) mass is 469 g/mol. The zero-order valence-corrected chi connectivity index (χ0v) is 18.9. The number of anilines is 1. The van der Waals surface area contributed by atoms with Crippen LogP contribution < -0.4 is 14.4 Å². The molecule has 8 heteroatoms. The van der Waals surface area contributed by atoms with E-state index in [9.17, 15) is 19.1 Å². The molecule has 170 valence electrons. The molecular formula is C25H21ClFNO5. The molecule has 4 rings (SSSR count). The first-order valence-corrected chi connectivity index (χ1v) is 10.4. The number of ether oxygens (including phenoxy) is 2. The second-order valence-corrected chi connectivity index (χ2v) is 8.26. The maximum absolute atomic E-state index is 14.3. The highest BCUT2D eigenvalue weighted by atomic mass is 35.5. The Kier molecular flexibility index (Phi) is 5.76. The molecule has 1 N–H and O–H groups in total. The lowest BCUT2D eigenvalue weighted by atomic mass is 9.76. The first-order valence-electron chi connectivity index (χ1n) is 10.1. The first-order chi connectivity index (χ1) is 15.7. The molecule has 6 nitrogen and oxygen atoms in total. The van der Waals surface area contributed by atoms with E-state index < -0.39 is 17.2 Å². The van der Waals surface area contributed by atoms with Gasteiger partial charge in [-0.05, 0) is 66.6 Å². The average Bonchev–Trinajstić information content (AvgIpc) is 3.01. The van der Waals surface area contributed by atoms with Crippen LogP contribution in [0.15, 0.2) is 54.6 Å². The van der Waals surface area contributed by atoms with Gasteiger partial charge in [0.1, 0.15) is 22.7 Å². The van der Waals surface area contributed by atoms with Gasteiger partial charge < -0.3 is 19.5 Å². The van der Waals surface area contributed by atoms with Crippen LogP contribution in [0.1, 0.15) is 34.0 Å². The number of halogens is 2. The van der Waals surface area contributed by atoms with Crippen molar-refractivity contribution in [1.82, 2.24) is 0 Å². The fourth-order valence-electron chi connectivity index (χ4n) is 4.25. The minimum absolute atomic E-state index is 0.0170. The molecule has 1 unspecified atom stereocenters. The van der Waals surface area contributed by atoms with Crippen molar-refractivity contribution in [2.75, 3.05) is 19.1 Å². The van der Waals surface area contributed by atoms with Crippen LogP contribution >= 0.6 is 11.6 Å². The number of rotatable bonds is 6. The summed E-state index contributed by atoms with van der Waals surface area (Å²) in [4.78, 5) is 27.0. The van der Waals surface area contributed by atoms with Crippen molar-refractivity contribution in [3.63, 3.8) is 0 Å². The molecule has 33 heavy (non-hydrogen) atoms. The Morgan fingerprint density at radius 3 is 2.48 bits per heavy atom. The number of carbonyl (C=O) groups is 2. The second kappa shape index (κ2) is 8.41. The number of carboxylic acid groups (broad SMARTS) is 1. The zero-order chi connectivity index (χ0) is 23.9. The van der Waals surface area contributed by atoms with Gasteiger partial charge in [0.05, 0.1) is 26.3 Å². The Labute approximate surface area is 195 Å². The average molecular weight is 470 g/mol.